The number of rotatable bonds is 8. The SMILES string of the molecule is CCC1(CC(=O)O)OC(c2cccc3ccccc23)c2cc(Cl)ccc2N(CC(C)(C)CN(C)C)C1=O. The maximum Gasteiger partial charge on any atom is 0.306 e. The van der Waals surface area contributed by atoms with Gasteiger partial charge in [-0.1, -0.05) is 74.8 Å². The summed E-state index contributed by atoms with van der Waals surface area (Å²) in [6.45, 7) is 7.16. The Morgan fingerprint density at radius 3 is 2.49 bits per heavy atom. The number of nitrogens with zero attached hydrogens (tertiary/aromatic N) is 2. The monoisotopic (exact) mass is 522 g/mol. The number of halogens is 1. The lowest BCUT2D eigenvalue weighted by Gasteiger charge is -2.38. The van der Waals surface area contributed by atoms with Gasteiger partial charge >= 0.3 is 5.97 Å². The number of carboxylic acids is 1. The first-order valence-corrected chi connectivity index (χ1v) is 13.0. The summed E-state index contributed by atoms with van der Waals surface area (Å²) < 4.78 is 6.73. The average molecular weight is 523 g/mol. The van der Waals surface area contributed by atoms with Gasteiger partial charge in [0.25, 0.3) is 5.91 Å². The molecule has 0 fully saturated rings. The lowest BCUT2D eigenvalue weighted by Crippen LogP contribution is -2.54. The highest BCUT2D eigenvalue weighted by Gasteiger charge is 2.49. The van der Waals surface area contributed by atoms with E-state index in [1.165, 1.54) is 0 Å². The van der Waals surface area contributed by atoms with Crippen LogP contribution < -0.4 is 4.90 Å². The zero-order valence-electron chi connectivity index (χ0n) is 22.1. The van der Waals surface area contributed by atoms with Gasteiger partial charge in [0.1, 0.15) is 6.10 Å². The lowest BCUT2D eigenvalue weighted by atomic mass is 9.89. The van der Waals surface area contributed by atoms with Crippen LogP contribution in [0.15, 0.2) is 60.7 Å². The first kappa shape index (κ1) is 27.1. The third-order valence-corrected chi connectivity index (χ3v) is 7.22. The van der Waals surface area contributed by atoms with Gasteiger partial charge in [0, 0.05) is 29.4 Å². The highest BCUT2D eigenvalue weighted by Crippen LogP contribution is 2.46. The van der Waals surface area contributed by atoms with E-state index in [1.54, 1.807) is 11.0 Å². The number of hydrogen-bond donors (Lipinski definition) is 1. The van der Waals surface area contributed by atoms with Crippen LogP contribution in [-0.4, -0.2) is 54.7 Å². The molecule has 1 amide bonds. The summed E-state index contributed by atoms with van der Waals surface area (Å²) in [5, 5.41) is 12.5. The quantitative estimate of drug-likeness (QED) is 0.384. The van der Waals surface area contributed by atoms with Crippen molar-refractivity contribution in [2.45, 2.75) is 45.3 Å². The van der Waals surface area contributed by atoms with E-state index in [9.17, 15) is 14.7 Å². The lowest BCUT2D eigenvalue weighted by molar-refractivity contribution is -0.162. The minimum absolute atomic E-state index is 0.214. The fourth-order valence-electron chi connectivity index (χ4n) is 5.60. The van der Waals surface area contributed by atoms with Crippen LogP contribution in [0, 0.1) is 5.41 Å². The summed E-state index contributed by atoms with van der Waals surface area (Å²) in [7, 11) is 4.00. The van der Waals surface area contributed by atoms with Gasteiger partial charge in [0.15, 0.2) is 5.60 Å². The van der Waals surface area contributed by atoms with Gasteiger partial charge in [-0.3, -0.25) is 9.59 Å². The molecule has 0 bridgehead atoms. The zero-order valence-corrected chi connectivity index (χ0v) is 22.9. The van der Waals surface area contributed by atoms with Crippen LogP contribution in [-0.2, 0) is 14.3 Å². The van der Waals surface area contributed by atoms with Gasteiger partial charge in [-0.25, -0.2) is 0 Å². The van der Waals surface area contributed by atoms with E-state index in [0.717, 1.165) is 28.4 Å². The van der Waals surface area contributed by atoms with Crippen LogP contribution in [0.2, 0.25) is 5.02 Å². The number of fused-ring (bicyclic) bond motifs is 2. The van der Waals surface area contributed by atoms with Crippen LogP contribution in [0.25, 0.3) is 10.8 Å². The molecule has 1 heterocycles. The molecule has 0 aliphatic carbocycles. The van der Waals surface area contributed by atoms with Crippen LogP contribution >= 0.6 is 11.6 Å². The number of benzene rings is 3. The van der Waals surface area contributed by atoms with E-state index >= 15 is 0 Å². The van der Waals surface area contributed by atoms with Crippen molar-refractivity contribution in [3.63, 3.8) is 0 Å². The topological polar surface area (TPSA) is 70.1 Å². The molecule has 3 aromatic carbocycles. The van der Waals surface area contributed by atoms with Gasteiger partial charge in [0.2, 0.25) is 0 Å². The van der Waals surface area contributed by atoms with Crippen LogP contribution in [0.3, 0.4) is 0 Å². The number of carbonyl (C=O) groups is 2. The second-order valence-corrected chi connectivity index (χ2v) is 11.4. The Morgan fingerprint density at radius 2 is 1.81 bits per heavy atom. The van der Waals surface area contributed by atoms with Crippen molar-refractivity contribution in [2.75, 3.05) is 32.1 Å². The van der Waals surface area contributed by atoms with Gasteiger partial charge < -0.3 is 19.6 Å². The molecule has 1 aliphatic rings. The van der Waals surface area contributed by atoms with E-state index in [-0.39, 0.29) is 17.7 Å². The maximum atomic E-state index is 14.4. The molecule has 6 nitrogen and oxygen atoms in total. The highest BCUT2D eigenvalue weighted by molar-refractivity contribution is 6.30. The smallest absolute Gasteiger partial charge is 0.306 e. The Kier molecular flexibility index (Phi) is 7.65. The van der Waals surface area contributed by atoms with Crippen molar-refractivity contribution in [1.82, 2.24) is 4.90 Å². The average Bonchev–Trinajstić information content (AvgIpc) is 2.91. The third-order valence-electron chi connectivity index (χ3n) is 6.99. The minimum Gasteiger partial charge on any atom is -0.481 e. The number of hydrogen-bond acceptors (Lipinski definition) is 4. The summed E-state index contributed by atoms with van der Waals surface area (Å²) in [4.78, 5) is 30.3. The predicted octanol–water partition coefficient (Wildman–Crippen LogP) is 6.16. The second kappa shape index (κ2) is 10.4. The Labute approximate surface area is 223 Å². The summed E-state index contributed by atoms with van der Waals surface area (Å²) in [5.41, 5.74) is 0.482. The molecular formula is C30H35ClN2O4. The minimum atomic E-state index is -1.55. The van der Waals surface area contributed by atoms with Crippen molar-refractivity contribution in [2.24, 2.45) is 5.41 Å². The van der Waals surface area contributed by atoms with E-state index in [1.807, 2.05) is 75.6 Å². The Bertz CT molecular complexity index is 1320. The van der Waals surface area contributed by atoms with E-state index in [4.69, 9.17) is 16.3 Å². The van der Waals surface area contributed by atoms with Gasteiger partial charge in [0.05, 0.1) is 6.42 Å². The normalized spacial score (nSPS) is 20.2. The van der Waals surface area contributed by atoms with Crippen LogP contribution in [0.1, 0.15) is 50.8 Å². The molecule has 196 valence electrons. The maximum absolute atomic E-state index is 14.4. The molecule has 1 N–H and O–H groups in total. The van der Waals surface area contributed by atoms with Crippen molar-refractivity contribution < 1.29 is 19.4 Å². The van der Waals surface area contributed by atoms with Crippen molar-refractivity contribution in [3.05, 3.63) is 76.8 Å². The molecule has 37 heavy (non-hydrogen) atoms. The fourth-order valence-corrected chi connectivity index (χ4v) is 5.78. The standard InChI is InChI=1S/C30H35ClN2O4/c1-6-30(17-26(34)35)28(36)33(19-29(2,3)18-32(4)5)25-15-14-21(31)16-24(25)27(37-30)23-13-9-11-20-10-7-8-12-22(20)23/h7-16,27H,6,17-19H2,1-5H3,(H,34,35). The Hall–Kier alpha value is -2.93. The summed E-state index contributed by atoms with van der Waals surface area (Å²) in [6.07, 6.45) is -0.910. The number of amides is 1. The van der Waals surface area contributed by atoms with E-state index in [2.05, 4.69) is 18.7 Å². The molecule has 7 heteroatoms. The Balaban J connectivity index is 1.99. The molecule has 1 aliphatic heterocycles. The molecule has 0 spiro atoms. The van der Waals surface area contributed by atoms with E-state index < -0.39 is 24.1 Å². The van der Waals surface area contributed by atoms with Crippen molar-refractivity contribution >= 4 is 39.9 Å². The van der Waals surface area contributed by atoms with Crippen LogP contribution in [0.4, 0.5) is 5.69 Å². The van der Waals surface area contributed by atoms with Gasteiger partial charge in [-0.2, -0.15) is 0 Å². The van der Waals surface area contributed by atoms with Crippen molar-refractivity contribution in [1.29, 1.82) is 0 Å². The molecule has 2 unspecified atom stereocenters. The number of carboxylic acid groups (broad SMARTS) is 1. The first-order valence-electron chi connectivity index (χ1n) is 12.6. The second-order valence-electron chi connectivity index (χ2n) is 11.0. The zero-order chi connectivity index (χ0) is 27.0. The molecule has 0 saturated heterocycles. The fraction of sp³-hybridized carbons (Fsp3) is 0.400. The molecule has 4 rings (SSSR count). The Morgan fingerprint density at radius 1 is 1.11 bits per heavy atom. The largest absolute Gasteiger partial charge is 0.481 e. The predicted molar refractivity (Wildman–Crippen MR) is 148 cm³/mol. The first-order chi connectivity index (χ1) is 17.5. The van der Waals surface area contributed by atoms with Crippen molar-refractivity contribution in [3.8, 4) is 0 Å². The highest BCUT2D eigenvalue weighted by atomic mass is 35.5. The third kappa shape index (κ3) is 5.52. The molecule has 2 atom stereocenters. The summed E-state index contributed by atoms with van der Waals surface area (Å²) >= 11 is 6.52. The van der Waals surface area contributed by atoms with Gasteiger partial charge in [-0.15, -0.1) is 0 Å². The number of carbonyl (C=O) groups excluding carboxylic acids is 1. The molecule has 0 radical (unpaired) electrons. The summed E-state index contributed by atoms with van der Waals surface area (Å²) in [5.74, 6) is -1.42. The molecule has 3 aromatic rings. The van der Waals surface area contributed by atoms with E-state index in [0.29, 0.717) is 17.3 Å². The number of aliphatic carboxylic acids is 1. The molecule has 0 saturated carbocycles. The number of ether oxygens (including phenoxy) is 1. The van der Waals surface area contributed by atoms with Gasteiger partial charge in [-0.05, 0) is 60.5 Å². The van der Waals surface area contributed by atoms with Crippen LogP contribution in [0.5, 0.6) is 0 Å². The molecular weight excluding hydrogens is 488 g/mol. The molecule has 0 aromatic heterocycles. The number of anilines is 1. The summed E-state index contributed by atoms with van der Waals surface area (Å²) in [6, 6.07) is 19.4.